The summed E-state index contributed by atoms with van der Waals surface area (Å²) in [5, 5.41) is 5.59. The van der Waals surface area contributed by atoms with Crippen LogP contribution in [-0.2, 0) is 0 Å². The summed E-state index contributed by atoms with van der Waals surface area (Å²) in [6.07, 6.45) is 0. The highest BCUT2D eigenvalue weighted by Crippen LogP contribution is 2.43. The average Bonchev–Trinajstić information content (AvgIpc) is 3.97. The van der Waals surface area contributed by atoms with Crippen molar-refractivity contribution in [1.82, 2.24) is 24.9 Å². The van der Waals surface area contributed by atoms with Crippen molar-refractivity contribution in [2.24, 2.45) is 0 Å². The van der Waals surface area contributed by atoms with E-state index in [-0.39, 0.29) is 0 Å². The topological polar surface area (TPSA) is 77.6 Å². The molecular formula is C49H27N5OS2. The van der Waals surface area contributed by atoms with Crippen LogP contribution in [0.5, 0.6) is 0 Å². The number of benzene rings is 7. The Kier molecular flexibility index (Phi) is 7.17. The van der Waals surface area contributed by atoms with Crippen molar-refractivity contribution in [3.63, 3.8) is 0 Å². The van der Waals surface area contributed by atoms with Gasteiger partial charge in [0.05, 0.1) is 0 Å². The van der Waals surface area contributed by atoms with E-state index < -0.39 is 0 Å². The van der Waals surface area contributed by atoms with E-state index in [1.165, 1.54) is 20.2 Å². The van der Waals surface area contributed by atoms with Gasteiger partial charge in [0, 0.05) is 73.5 Å². The Bertz CT molecular complexity index is 3540. The Morgan fingerprint density at radius 2 is 0.930 bits per heavy atom. The number of fused-ring (bicyclic) bond motifs is 9. The SMILES string of the molecule is c1ccc(-c2nc(-c3ccc4c(c3)sc3cccc(-c5nc(-c6ccccc6)c6oc7ccccc7c6n5)c34)nc(-c3cccc4sc5ccccc5c34)n2)cc1. The second kappa shape index (κ2) is 12.7. The average molecular weight is 766 g/mol. The van der Waals surface area contributed by atoms with Crippen molar-refractivity contribution in [1.29, 1.82) is 0 Å². The first-order chi connectivity index (χ1) is 28.2. The van der Waals surface area contributed by atoms with Crippen LogP contribution in [0.3, 0.4) is 0 Å². The van der Waals surface area contributed by atoms with Crippen molar-refractivity contribution in [2.75, 3.05) is 0 Å². The second-order valence-corrected chi connectivity index (χ2v) is 16.1. The molecule has 12 aromatic rings. The van der Waals surface area contributed by atoms with Gasteiger partial charge in [-0.05, 0) is 36.4 Å². The fraction of sp³-hybridized carbons (Fsp3) is 0. The molecule has 5 aromatic heterocycles. The Hall–Kier alpha value is -7.13. The van der Waals surface area contributed by atoms with Crippen LogP contribution in [-0.4, -0.2) is 24.9 Å². The number of rotatable bonds is 5. The van der Waals surface area contributed by atoms with Crippen molar-refractivity contribution in [3.05, 3.63) is 164 Å². The maximum atomic E-state index is 6.40. The summed E-state index contributed by atoms with van der Waals surface area (Å²) in [7, 11) is 0. The smallest absolute Gasteiger partial charge is 0.180 e. The molecule has 266 valence electrons. The van der Waals surface area contributed by atoms with Crippen LogP contribution >= 0.6 is 22.7 Å². The highest BCUT2D eigenvalue weighted by molar-refractivity contribution is 7.26. The van der Waals surface area contributed by atoms with E-state index in [9.17, 15) is 0 Å². The predicted molar refractivity (Wildman–Crippen MR) is 236 cm³/mol. The summed E-state index contributed by atoms with van der Waals surface area (Å²) >= 11 is 3.54. The van der Waals surface area contributed by atoms with E-state index in [1.54, 1.807) is 22.7 Å². The molecule has 0 saturated heterocycles. The molecule has 5 heterocycles. The van der Waals surface area contributed by atoms with Gasteiger partial charge in [-0.3, -0.25) is 0 Å². The molecule has 12 rings (SSSR count). The van der Waals surface area contributed by atoms with Gasteiger partial charge in [0.25, 0.3) is 0 Å². The molecule has 0 unspecified atom stereocenters. The number of hydrogen-bond donors (Lipinski definition) is 0. The predicted octanol–water partition coefficient (Wildman–Crippen LogP) is 13.6. The molecular weight excluding hydrogens is 739 g/mol. The second-order valence-electron chi connectivity index (χ2n) is 14.0. The number of furan rings is 1. The van der Waals surface area contributed by atoms with Gasteiger partial charge in [-0.15, -0.1) is 22.7 Å². The molecule has 57 heavy (non-hydrogen) atoms. The third-order valence-corrected chi connectivity index (χ3v) is 12.8. The van der Waals surface area contributed by atoms with Gasteiger partial charge in [-0.2, -0.15) is 0 Å². The summed E-state index contributed by atoms with van der Waals surface area (Å²) in [5.41, 5.74) is 7.87. The van der Waals surface area contributed by atoms with Gasteiger partial charge in [-0.1, -0.05) is 127 Å². The summed E-state index contributed by atoms with van der Waals surface area (Å²) in [5.74, 6) is 2.58. The Balaban J connectivity index is 1.05. The molecule has 0 aliphatic rings. The molecule has 8 heteroatoms. The molecule has 0 aliphatic heterocycles. The quantitative estimate of drug-likeness (QED) is 0.174. The minimum absolute atomic E-state index is 0.628. The standard InChI is InChI=1S/C49H27N5OS2/c1-3-13-28(14-4-1)43-45-44(31-17-7-9-21-36(31)55-45)51-48(50-43)34-19-11-24-39-42(34)33-26-25-30(27-40(33)57-39)47-52-46(29-15-5-2-6-16-29)53-49(54-47)35-20-12-23-38-41(35)32-18-8-10-22-37(32)56-38/h1-27H. The first kappa shape index (κ1) is 32.1. The Labute approximate surface area is 333 Å². The number of hydrogen-bond acceptors (Lipinski definition) is 8. The third kappa shape index (κ3) is 5.19. The minimum Gasteiger partial charge on any atom is -0.452 e. The van der Waals surface area contributed by atoms with E-state index >= 15 is 0 Å². The van der Waals surface area contributed by atoms with E-state index in [0.717, 1.165) is 70.2 Å². The van der Waals surface area contributed by atoms with E-state index in [4.69, 9.17) is 29.3 Å². The van der Waals surface area contributed by atoms with Crippen LogP contribution in [0, 0.1) is 0 Å². The number of nitrogens with zero attached hydrogens (tertiary/aromatic N) is 5. The van der Waals surface area contributed by atoms with Crippen LogP contribution in [0.15, 0.2) is 168 Å². The molecule has 0 bridgehead atoms. The normalized spacial score (nSPS) is 11.9. The van der Waals surface area contributed by atoms with Crippen LogP contribution in [0.2, 0.25) is 0 Å². The first-order valence-corrected chi connectivity index (χ1v) is 20.3. The Morgan fingerprint density at radius 3 is 1.68 bits per heavy atom. The van der Waals surface area contributed by atoms with Crippen molar-refractivity contribution in [2.45, 2.75) is 0 Å². The van der Waals surface area contributed by atoms with Gasteiger partial charge in [-0.25, -0.2) is 24.9 Å². The lowest BCUT2D eigenvalue weighted by atomic mass is 10.0. The molecule has 0 spiro atoms. The minimum atomic E-state index is 0.628. The van der Waals surface area contributed by atoms with Gasteiger partial charge >= 0.3 is 0 Å². The number of para-hydroxylation sites is 1. The lowest BCUT2D eigenvalue weighted by Gasteiger charge is -2.10. The number of aromatic nitrogens is 5. The van der Waals surface area contributed by atoms with Gasteiger partial charge in [0.1, 0.15) is 16.8 Å². The lowest BCUT2D eigenvalue weighted by molar-refractivity contribution is 0.667. The lowest BCUT2D eigenvalue weighted by Crippen LogP contribution is -2.00. The Morgan fingerprint density at radius 1 is 0.368 bits per heavy atom. The summed E-state index contributed by atoms with van der Waals surface area (Å²) in [4.78, 5) is 25.8. The van der Waals surface area contributed by atoms with Crippen LogP contribution in [0.4, 0.5) is 0 Å². The zero-order valence-electron chi connectivity index (χ0n) is 30.0. The molecule has 0 radical (unpaired) electrons. The largest absolute Gasteiger partial charge is 0.452 e. The summed E-state index contributed by atoms with van der Waals surface area (Å²) in [6, 6.07) is 56.3. The first-order valence-electron chi connectivity index (χ1n) is 18.7. The molecule has 6 nitrogen and oxygen atoms in total. The molecule has 0 amide bonds. The van der Waals surface area contributed by atoms with Gasteiger partial charge in [0.15, 0.2) is 28.9 Å². The molecule has 0 atom stereocenters. The summed E-state index contributed by atoms with van der Waals surface area (Å²) in [6.45, 7) is 0. The highest BCUT2D eigenvalue weighted by atomic mass is 32.1. The molecule has 0 saturated carbocycles. The summed E-state index contributed by atoms with van der Waals surface area (Å²) < 4.78 is 11.1. The zero-order chi connectivity index (χ0) is 37.5. The number of thiophene rings is 2. The van der Waals surface area contributed by atoms with Crippen LogP contribution in [0.1, 0.15) is 0 Å². The molecule has 0 fully saturated rings. The monoisotopic (exact) mass is 765 g/mol. The van der Waals surface area contributed by atoms with Crippen LogP contribution < -0.4 is 0 Å². The molecule has 7 aromatic carbocycles. The molecule has 0 N–H and O–H groups in total. The van der Waals surface area contributed by atoms with E-state index in [1.807, 2.05) is 54.6 Å². The third-order valence-electron chi connectivity index (χ3n) is 10.6. The zero-order valence-corrected chi connectivity index (χ0v) is 31.7. The maximum absolute atomic E-state index is 6.40. The van der Waals surface area contributed by atoms with Crippen molar-refractivity contribution >= 4 is 85.1 Å². The van der Waals surface area contributed by atoms with Crippen molar-refractivity contribution in [3.8, 4) is 56.8 Å². The highest BCUT2D eigenvalue weighted by Gasteiger charge is 2.22. The van der Waals surface area contributed by atoms with E-state index in [0.29, 0.717) is 28.9 Å². The molecule has 0 aliphatic carbocycles. The van der Waals surface area contributed by atoms with E-state index in [2.05, 4.69) is 109 Å². The fourth-order valence-electron chi connectivity index (χ4n) is 7.96. The van der Waals surface area contributed by atoms with Crippen molar-refractivity contribution < 1.29 is 4.42 Å². The fourth-order valence-corrected chi connectivity index (χ4v) is 10.3. The van der Waals surface area contributed by atoms with Gasteiger partial charge in [0.2, 0.25) is 0 Å². The van der Waals surface area contributed by atoms with Crippen LogP contribution in [0.25, 0.3) is 119 Å². The maximum Gasteiger partial charge on any atom is 0.180 e. The van der Waals surface area contributed by atoms with Gasteiger partial charge < -0.3 is 4.42 Å².